The molecule has 0 unspecified atom stereocenters. The van der Waals surface area contributed by atoms with Crippen LogP contribution in [0.5, 0.6) is 0 Å². The van der Waals surface area contributed by atoms with E-state index in [0.717, 1.165) is 6.07 Å². The number of hydrogen-bond acceptors (Lipinski definition) is 6. The predicted molar refractivity (Wildman–Crippen MR) is 77.4 cm³/mol. The minimum absolute atomic E-state index is 0.283. The summed E-state index contributed by atoms with van der Waals surface area (Å²) in [6, 6.07) is 3.47. The van der Waals surface area contributed by atoms with Crippen LogP contribution in [0.25, 0.3) is 0 Å². The van der Waals surface area contributed by atoms with Crippen LogP contribution >= 0.6 is 0 Å². The maximum atomic E-state index is 12.1. The van der Waals surface area contributed by atoms with E-state index < -0.39 is 44.7 Å². The maximum absolute atomic E-state index is 12.1. The molecule has 0 aromatic heterocycles. The Bertz CT molecular complexity index is 674. The van der Waals surface area contributed by atoms with Crippen LogP contribution in [0.1, 0.15) is 48.4 Å². The number of rotatable bonds is 5. The molecule has 1 aromatic carbocycles. The van der Waals surface area contributed by atoms with Gasteiger partial charge < -0.3 is 9.47 Å². The molecule has 0 aliphatic carbocycles. The number of carbonyl (C=O) groups is 2. The van der Waals surface area contributed by atoms with Gasteiger partial charge in [0.25, 0.3) is 10.1 Å². The second-order valence-electron chi connectivity index (χ2n) is 5.06. The van der Waals surface area contributed by atoms with E-state index in [1.165, 1.54) is 12.1 Å². The molecule has 0 fully saturated rings. The van der Waals surface area contributed by atoms with Gasteiger partial charge in [0.2, 0.25) is 0 Å². The van der Waals surface area contributed by atoms with E-state index in [9.17, 15) is 22.6 Å². The van der Waals surface area contributed by atoms with E-state index in [4.69, 9.17) is 9.47 Å². The second kappa shape index (κ2) is 6.89. The lowest BCUT2D eigenvalue weighted by atomic mass is 10.1. The van der Waals surface area contributed by atoms with Crippen molar-refractivity contribution >= 4 is 22.1 Å². The van der Waals surface area contributed by atoms with Crippen molar-refractivity contribution in [1.29, 1.82) is 0 Å². The number of ether oxygens (including phenoxy) is 2. The molecule has 0 spiro atoms. The van der Waals surface area contributed by atoms with Gasteiger partial charge in [0.1, 0.15) is 4.90 Å². The summed E-state index contributed by atoms with van der Waals surface area (Å²) >= 11 is 0. The topological polar surface area (TPSA) is 107 Å². The summed E-state index contributed by atoms with van der Waals surface area (Å²) in [5.41, 5.74) is -0.821. The molecular formula is C14H18O7S. The standard InChI is InChI=1S/C14H18O7S/c1-8(2)20-13(15)10-6-5-7-11(22(17,18)19)12(10)14(16)21-9(3)4/h5-9H,1-4H3,(H,17,18,19). The Labute approximate surface area is 129 Å². The monoisotopic (exact) mass is 330 g/mol. The van der Waals surface area contributed by atoms with E-state index in [1.54, 1.807) is 27.7 Å². The van der Waals surface area contributed by atoms with Gasteiger partial charge in [-0.3, -0.25) is 4.55 Å². The summed E-state index contributed by atoms with van der Waals surface area (Å²) in [6.07, 6.45) is -0.994. The first-order valence-corrected chi connectivity index (χ1v) is 8.00. The summed E-state index contributed by atoms with van der Waals surface area (Å²) in [5, 5.41) is 0. The van der Waals surface area contributed by atoms with E-state index >= 15 is 0 Å². The maximum Gasteiger partial charge on any atom is 0.340 e. The fraction of sp³-hybridized carbons (Fsp3) is 0.429. The first kappa shape index (κ1) is 18.1. The Morgan fingerprint density at radius 3 is 1.95 bits per heavy atom. The van der Waals surface area contributed by atoms with Crippen LogP contribution < -0.4 is 0 Å². The van der Waals surface area contributed by atoms with Crippen LogP contribution in [0.15, 0.2) is 23.1 Å². The fourth-order valence-electron chi connectivity index (χ4n) is 1.68. The minimum Gasteiger partial charge on any atom is -0.459 e. The van der Waals surface area contributed by atoms with Crippen molar-refractivity contribution < 1.29 is 32.0 Å². The van der Waals surface area contributed by atoms with Crippen molar-refractivity contribution in [3.8, 4) is 0 Å². The van der Waals surface area contributed by atoms with E-state index in [2.05, 4.69) is 0 Å². The molecule has 0 saturated heterocycles. The van der Waals surface area contributed by atoms with Gasteiger partial charge in [0, 0.05) is 0 Å². The van der Waals surface area contributed by atoms with Gasteiger partial charge in [-0.1, -0.05) is 6.07 Å². The Morgan fingerprint density at radius 1 is 1.00 bits per heavy atom. The van der Waals surface area contributed by atoms with Gasteiger partial charge in [-0.2, -0.15) is 8.42 Å². The molecule has 0 amide bonds. The number of hydrogen-bond donors (Lipinski definition) is 1. The van der Waals surface area contributed by atoms with Crippen LogP contribution in [0.3, 0.4) is 0 Å². The molecule has 0 aliphatic rings. The van der Waals surface area contributed by atoms with Gasteiger partial charge >= 0.3 is 11.9 Å². The average molecular weight is 330 g/mol. The van der Waals surface area contributed by atoms with Crippen molar-refractivity contribution in [2.45, 2.75) is 44.8 Å². The van der Waals surface area contributed by atoms with Crippen LogP contribution in [0, 0.1) is 0 Å². The van der Waals surface area contributed by atoms with Crippen molar-refractivity contribution in [3.63, 3.8) is 0 Å². The highest BCUT2D eigenvalue weighted by Crippen LogP contribution is 2.22. The lowest BCUT2D eigenvalue weighted by Crippen LogP contribution is -2.21. The molecule has 0 heterocycles. The number of esters is 2. The zero-order valence-electron chi connectivity index (χ0n) is 12.7. The molecular weight excluding hydrogens is 312 g/mol. The molecule has 122 valence electrons. The minimum atomic E-state index is -4.71. The molecule has 1 rings (SSSR count). The zero-order chi connectivity index (χ0) is 17.1. The molecule has 0 atom stereocenters. The van der Waals surface area contributed by atoms with Crippen molar-refractivity contribution in [2.75, 3.05) is 0 Å². The Hall–Kier alpha value is -1.93. The lowest BCUT2D eigenvalue weighted by molar-refractivity contribution is 0.0324. The summed E-state index contributed by atoms with van der Waals surface area (Å²) in [7, 11) is -4.71. The van der Waals surface area contributed by atoms with Crippen LogP contribution in [-0.4, -0.2) is 37.1 Å². The average Bonchev–Trinajstić information content (AvgIpc) is 2.35. The summed E-state index contributed by atoms with van der Waals surface area (Å²) in [5.74, 6) is -1.91. The van der Waals surface area contributed by atoms with Gasteiger partial charge in [-0.15, -0.1) is 0 Å². The molecule has 1 N–H and O–H groups in total. The summed E-state index contributed by atoms with van der Waals surface area (Å²) in [4.78, 5) is 23.5. The highest BCUT2D eigenvalue weighted by atomic mass is 32.2. The predicted octanol–water partition coefficient (Wildman–Crippen LogP) is 2.06. The second-order valence-corrected chi connectivity index (χ2v) is 6.45. The SMILES string of the molecule is CC(C)OC(=O)c1cccc(S(=O)(=O)O)c1C(=O)OC(C)C. The van der Waals surface area contributed by atoms with Crippen molar-refractivity contribution in [3.05, 3.63) is 29.3 Å². The molecule has 0 aliphatic heterocycles. The van der Waals surface area contributed by atoms with Gasteiger partial charge in [-0.25, -0.2) is 9.59 Å². The Kier molecular flexibility index (Phi) is 5.67. The number of carbonyl (C=O) groups excluding carboxylic acids is 2. The lowest BCUT2D eigenvalue weighted by Gasteiger charge is -2.15. The van der Waals surface area contributed by atoms with Gasteiger partial charge in [-0.05, 0) is 39.8 Å². The van der Waals surface area contributed by atoms with Crippen LogP contribution in [0.4, 0.5) is 0 Å². The molecule has 0 bridgehead atoms. The highest BCUT2D eigenvalue weighted by Gasteiger charge is 2.29. The third-order valence-electron chi connectivity index (χ3n) is 2.41. The highest BCUT2D eigenvalue weighted by molar-refractivity contribution is 7.86. The third kappa shape index (κ3) is 4.54. The van der Waals surface area contributed by atoms with Gasteiger partial charge in [0.15, 0.2) is 0 Å². The van der Waals surface area contributed by atoms with Crippen molar-refractivity contribution in [2.24, 2.45) is 0 Å². The smallest absolute Gasteiger partial charge is 0.340 e. The van der Waals surface area contributed by atoms with E-state index in [0.29, 0.717) is 0 Å². The number of benzene rings is 1. The first-order chi connectivity index (χ1) is 10.0. The van der Waals surface area contributed by atoms with Crippen LogP contribution in [0.2, 0.25) is 0 Å². The largest absolute Gasteiger partial charge is 0.459 e. The summed E-state index contributed by atoms with van der Waals surface area (Å²) < 4.78 is 42.0. The molecule has 7 nitrogen and oxygen atoms in total. The normalized spacial score (nSPS) is 11.6. The quantitative estimate of drug-likeness (QED) is 0.650. The van der Waals surface area contributed by atoms with Crippen LogP contribution in [-0.2, 0) is 19.6 Å². The molecule has 0 saturated carbocycles. The first-order valence-electron chi connectivity index (χ1n) is 6.56. The zero-order valence-corrected chi connectivity index (χ0v) is 13.5. The molecule has 0 radical (unpaired) electrons. The molecule has 1 aromatic rings. The fourth-order valence-corrected chi connectivity index (χ4v) is 2.38. The summed E-state index contributed by atoms with van der Waals surface area (Å²) in [6.45, 7) is 6.35. The van der Waals surface area contributed by atoms with Gasteiger partial charge in [0.05, 0.1) is 23.3 Å². The van der Waals surface area contributed by atoms with E-state index in [1.807, 2.05) is 0 Å². The van der Waals surface area contributed by atoms with Crippen molar-refractivity contribution in [1.82, 2.24) is 0 Å². The Balaban J connectivity index is 3.51. The molecule has 8 heteroatoms. The Morgan fingerprint density at radius 2 is 1.50 bits per heavy atom. The third-order valence-corrected chi connectivity index (χ3v) is 3.31. The molecule has 22 heavy (non-hydrogen) atoms. The van der Waals surface area contributed by atoms with E-state index in [-0.39, 0.29) is 5.56 Å².